The lowest BCUT2D eigenvalue weighted by atomic mass is 10.2. The Morgan fingerprint density at radius 3 is 2.29 bits per heavy atom. The topological polar surface area (TPSA) is 52.9 Å². The third-order valence-corrected chi connectivity index (χ3v) is 2.14. The molecule has 2 atom stereocenters. The van der Waals surface area contributed by atoms with Crippen LogP contribution in [0.1, 0.15) is 20.8 Å². The lowest BCUT2D eigenvalue weighted by molar-refractivity contribution is -0.0121. The second-order valence-electron chi connectivity index (χ2n) is 4.01. The molecule has 4 heteroatoms. The van der Waals surface area contributed by atoms with Crippen LogP contribution in [0.5, 0.6) is 0 Å². The Hall–Kier alpha value is -0.160. The van der Waals surface area contributed by atoms with Crippen molar-refractivity contribution in [2.75, 3.05) is 26.8 Å². The van der Waals surface area contributed by atoms with Crippen molar-refractivity contribution < 1.29 is 14.9 Å². The highest BCUT2D eigenvalue weighted by molar-refractivity contribution is 4.66. The van der Waals surface area contributed by atoms with Crippen LogP contribution < -0.4 is 0 Å². The van der Waals surface area contributed by atoms with E-state index in [0.717, 1.165) is 0 Å². The Bertz CT molecular complexity index is 141. The SMILES string of the molecule is CC(C)OCC(O)CN(C)C(C)CO. The number of aliphatic hydroxyl groups is 2. The molecule has 0 aromatic rings. The van der Waals surface area contributed by atoms with Crippen LogP contribution in [0.3, 0.4) is 0 Å². The number of hydrogen-bond acceptors (Lipinski definition) is 4. The van der Waals surface area contributed by atoms with Crippen LogP contribution in [0.15, 0.2) is 0 Å². The molecule has 2 unspecified atom stereocenters. The van der Waals surface area contributed by atoms with E-state index in [1.807, 2.05) is 32.7 Å². The summed E-state index contributed by atoms with van der Waals surface area (Å²) in [6.07, 6.45) is -0.346. The van der Waals surface area contributed by atoms with Gasteiger partial charge in [-0.05, 0) is 27.8 Å². The molecule has 0 aliphatic carbocycles. The Kier molecular flexibility index (Phi) is 7.09. The maximum Gasteiger partial charge on any atom is 0.0900 e. The van der Waals surface area contributed by atoms with Crippen LogP contribution in [0.2, 0.25) is 0 Å². The van der Waals surface area contributed by atoms with E-state index in [9.17, 15) is 5.11 Å². The molecule has 0 amide bonds. The largest absolute Gasteiger partial charge is 0.395 e. The number of nitrogens with zero attached hydrogens (tertiary/aromatic N) is 1. The molecule has 0 saturated heterocycles. The standard InChI is InChI=1S/C10H23NO3/c1-8(2)14-7-10(13)5-11(4)9(3)6-12/h8-10,12-13H,5-7H2,1-4H3. The average Bonchev–Trinajstić information content (AvgIpc) is 2.13. The van der Waals surface area contributed by atoms with Gasteiger partial charge in [0, 0.05) is 12.6 Å². The van der Waals surface area contributed by atoms with Gasteiger partial charge in [0.05, 0.1) is 25.4 Å². The van der Waals surface area contributed by atoms with Crippen LogP contribution in [0, 0.1) is 0 Å². The molecule has 4 nitrogen and oxygen atoms in total. The maximum absolute atomic E-state index is 9.56. The average molecular weight is 205 g/mol. The fourth-order valence-electron chi connectivity index (χ4n) is 1.01. The van der Waals surface area contributed by atoms with Crippen LogP contribution in [0.25, 0.3) is 0 Å². The van der Waals surface area contributed by atoms with Crippen LogP contribution in [-0.4, -0.2) is 60.2 Å². The second kappa shape index (κ2) is 7.17. The minimum Gasteiger partial charge on any atom is -0.395 e. The fraction of sp³-hybridized carbons (Fsp3) is 1.00. The van der Waals surface area contributed by atoms with E-state index in [1.54, 1.807) is 0 Å². The van der Waals surface area contributed by atoms with Gasteiger partial charge in [0.2, 0.25) is 0 Å². The molecule has 86 valence electrons. The Morgan fingerprint density at radius 2 is 1.86 bits per heavy atom. The third kappa shape index (κ3) is 6.32. The number of hydrogen-bond donors (Lipinski definition) is 2. The zero-order valence-corrected chi connectivity index (χ0v) is 9.60. The van der Waals surface area contributed by atoms with Crippen molar-refractivity contribution in [3.63, 3.8) is 0 Å². The zero-order valence-electron chi connectivity index (χ0n) is 9.60. The van der Waals surface area contributed by atoms with Gasteiger partial charge in [0.15, 0.2) is 0 Å². The number of likely N-dealkylation sites (N-methyl/N-ethyl adjacent to an activating group) is 1. The normalized spacial score (nSPS) is 16.3. The number of aliphatic hydroxyl groups excluding tert-OH is 2. The van der Waals surface area contributed by atoms with Gasteiger partial charge in [-0.25, -0.2) is 0 Å². The van der Waals surface area contributed by atoms with Gasteiger partial charge in [0.1, 0.15) is 0 Å². The van der Waals surface area contributed by atoms with Gasteiger partial charge in [-0.3, -0.25) is 4.90 Å². The zero-order chi connectivity index (χ0) is 11.1. The summed E-state index contributed by atoms with van der Waals surface area (Å²) >= 11 is 0. The first-order valence-electron chi connectivity index (χ1n) is 5.08. The van der Waals surface area contributed by atoms with Crippen LogP contribution in [-0.2, 0) is 4.74 Å². The Morgan fingerprint density at radius 1 is 1.29 bits per heavy atom. The van der Waals surface area contributed by atoms with Crippen molar-refractivity contribution in [1.82, 2.24) is 4.90 Å². The highest BCUT2D eigenvalue weighted by atomic mass is 16.5. The summed E-state index contributed by atoms with van der Waals surface area (Å²) in [6, 6.07) is 0.0729. The van der Waals surface area contributed by atoms with Crippen molar-refractivity contribution in [2.45, 2.75) is 39.0 Å². The highest BCUT2D eigenvalue weighted by Crippen LogP contribution is 1.98. The Labute approximate surface area is 86.5 Å². The molecular formula is C10H23NO3. The van der Waals surface area contributed by atoms with Gasteiger partial charge in [-0.1, -0.05) is 0 Å². The smallest absolute Gasteiger partial charge is 0.0900 e. The van der Waals surface area contributed by atoms with Crippen molar-refractivity contribution >= 4 is 0 Å². The van der Waals surface area contributed by atoms with E-state index in [4.69, 9.17) is 9.84 Å². The van der Waals surface area contributed by atoms with Crippen molar-refractivity contribution in [3.05, 3.63) is 0 Å². The highest BCUT2D eigenvalue weighted by Gasteiger charge is 2.13. The molecule has 0 bridgehead atoms. The van der Waals surface area contributed by atoms with Gasteiger partial charge in [0.25, 0.3) is 0 Å². The summed E-state index contributed by atoms with van der Waals surface area (Å²) in [5.41, 5.74) is 0. The predicted octanol–water partition coefficient (Wildman–Crippen LogP) is 0.0849. The molecule has 0 rings (SSSR count). The van der Waals surface area contributed by atoms with Gasteiger partial charge in [-0.2, -0.15) is 0 Å². The molecule has 0 aliphatic heterocycles. The lowest BCUT2D eigenvalue weighted by Crippen LogP contribution is -2.39. The third-order valence-electron chi connectivity index (χ3n) is 2.14. The summed E-state index contributed by atoms with van der Waals surface area (Å²) in [7, 11) is 1.87. The van der Waals surface area contributed by atoms with Crippen molar-refractivity contribution in [2.24, 2.45) is 0 Å². The predicted molar refractivity (Wildman–Crippen MR) is 56.3 cm³/mol. The minimum absolute atomic E-state index is 0.0729. The van der Waals surface area contributed by atoms with E-state index in [-0.39, 0.29) is 18.8 Å². The molecule has 2 N–H and O–H groups in total. The molecule has 0 heterocycles. The first-order valence-corrected chi connectivity index (χ1v) is 5.08. The fourth-order valence-corrected chi connectivity index (χ4v) is 1.01. The quantitative estimate of drug-likeness (QED) is 0.618. The summed E-state index contributed by atoms with van der Waals surface area (Å²) in [5, 5.41) is 18.4. The molecule has 0 spiro atoms. The summed E-state index contributed by atoms with van der Waals surface area (Å²) in [6.45, 7) is 6.76. The van der Waals surface area contributed by atoms with E-state index in [1.165, 1.54) is 0 Å². The molecule has 0 fully saturated rings. The molecule has 0 aromatic carbocycles. The first kappa shape index (κ1) is 13.8. The summed E-state index contributed by atoms with van der Waals surface area (Å²) < 4.78 is 5.28. The Balaban J connectivity index is 3.65. The van der Waals surface area contributed by atoms with Crippen LogP contribution >= 0.6 is 0 Å². The number of rotatable bonds is 7. The lowest BCUT2D eigenvalue weighted by Gasteiger charge is -2.25. The monoisotopic (exact) mass is 205 g/mol. The van der Waals surface area contributed by atoms with Gasteiger partial charge < -0.3 is 14.9 Å². The van der Waals surface area contributed by atoms with Gasteiger partial charge in [-0.15, -0.1) is 0 Å². The molecule has 0 radical (unpaired) electrons. The number of ether oxygens (including phenoxy) is 1. The van der Waals surface area contributed by atoms with Crippen LogP contribution in [0.4, 0.5) is 0 Å². The molecule has 0 aliphatic rings. The van der Waals surface area contributed by atoms with Crippen molar-refractivity contribution in [3.8, 4) is 0 Å². The second-order valence-corrected chi connectivity index (χ2v) is 4.01. The summed E-state index contributed by atoms with van der Waals surface area (Å²) in [5.74, 6) is 0. The molecular weight excluding hydrogens is 182 g/mol. The van der Waals surface area contributed by atoms with Crippen molar-refractivity contribution in [1.29, 1.82) is 0 Å². The molecule has 0 aromatic heterocycles. The van der Waals surface area contributed by atoms with Gasteiger partial charge >= 0.3 is 0 Å². The minimum atomic E-state index is -0.489. The first-order chi connectivity index (χ1) is 6.47. The summed E-state index contributed by atoms with van der Waals surface area (Å²) in [4.78, 5) is 1.91. The van der Waals surface area contributed by atoms with E-state index < -0.39 is 6.10 Å². The molecule has 14 heavy (non-hydrogen) atoms. The maximum atomic E-state index is 9.56. The van der Waals surface area contributed by atoms with E-state index in [0.29, 0.717) is 13.2 Å². The van der Waals surface area contributed by atoms with E-state index >= 15 is 0 Å². The molecule has 0 saturated carbocycles. The van der Waals surface area contributed by atoms with E-state index in [2.05, 4.69) is 0 Å².